The Morgan fingerprint density at radius 3 is 2.62 bits per heavy atom. The Morgan fingerprint density at radius 2 is 1.81 bits per heavy atom. The lowest BCUT2D eigenvalue weighted by Gasteiger charge is -2.26. The molecule has 0 fully saturated rings. The average molecular weight is 280 g/mol. The van der Waals surface area contributed by atoms with E-state index in [-0.39, 0.29) is 0 Å². The van der Waals surface area contributed by atoms with Gasteiger partial charge in [-0.1, -0.05) is 55.5 Å². The van der Waals surface area contributed by atoms with Crippen molar-refractivity contribution in [1.29, 1.82) is 0 Å². The molecule has 2 aromatic carbocycles. The van der Waals surface area contributed by atoms with Gasteiger partial charge in [0.1, 0.15) is 0 Å². The molecule has 0 spiro atoms. The highest BCUT2D eigenvalue weighted by atomic mass is 15.1. The Bertz CT molecular complexity index is 565. The Hall–Kier alpha value is -1.80. The van der Waals surface area contributed by atoms with Gasteiger partial charge in [-0.05, 0) is 36.6 Å². The van der Waals surface area contributed by atoms with Gasteiger partial charge in [0.15, 0.2) is 0 Å². The van der Waals surface area contributed by atoms with Crippen molar-refractivity contribution in [3.63, 3.8) is 0 Å². The van der Waals surface area contributed by atoms with Crippen LogP contribution in [0.3, 0.4) is 0 Å². The largest absolute Gasteiger partial charge is 0.367 e. The van der Waals surface area contributed by atoms with E-state index in [9.17, 15) is 0 Å². The summed E-state index contributed by atoms with van der Waals surface area (Å²) in [4.78, 5) is 2.53. The van der Waals surface area contributed by atoms with Crippen LogP contribution in [-0.2, 0) is 6.54 Å². The molecule has 0 aliphatic carbocycles. The number of fused-ring (bicyclic) bond motifs is 1. The highest BCUT2D eigenvalue weighted by molar-refractivity contribution is 5.56. The van der Waals surface area contributed by atoms with Gasteiger partial charge in [-0.2, -0.15) is 0 Å². The smallest absolute Gasteiger partial charge is 0.0429 e. The first-order valence-electron chi connectivity index (χ1n) is 7.99. The van der Waals surface area contributed by atoms with Gasteiger partial charge in [0, 0.05) is 24.8 Å². The maximum atomic E-state index is 3.64. The number of para-hydroxylation sites is 1. The number of anilines is 1. The SMILES string of the molecule is CCNC1CCCN(Cc2ccccc2)c2ccccc21. The molecule has 0 bridgehead atoms. The molecule has 110 valence electrons. The Morgan fingerprint density at radius 1 is 1.05 bits per heavy atom. The zero-order chi connectivity index (χ0) is 14.5. The Kier molecular flexibility index (Phi) is 4.56. The number of benzene rings is 2. The summed E-state index contributed by atoms with van der Waals surface area (Å²) in [5, 5.41) is 3.64. The minimum absolute atomic E-state index is 0.493. The lowest BCUT2D eigenvalue weighted by atomic mass is 10.0. The third kappa shape index (κ3) is 3.27. The molecule has 3 rings (SSSR count). The van der Waals surface area contributed by atoms with Crippen molar-refractivity contribution in [2.75, 3.05) is 18.0 Å². The lowest BCUT2D eigenvalue weighted by Crippen LogP contribution is -2.24. The minimum Gasteiger partial charge on any atom is -0.367 e. The molecule has 0 aromatic heterocycles. The molecule has 1 aliphatic rings. The average Bonchev–Trinajstić information content (AvgIpc) is 2.70. The summed E-state index contributed by atoms with van der Waals surface area (Å²) in [5.74, 6) is 0. The first-order valence-corrected chi connectivity index (χ1v) is 7.99. The van der Waals surface area contributed by atoms with E-state index >= 15 is 0 Å². The third-order valence-electron chi connectivity index (χ3n) is 4.24. The van der Waals surface area contributed by atoms with Crippen LogP contribution in [0.5, 0.6) is 0 Å². The molecule has 2 aromatic rings. The zero-order valence-electron chi connectivity index (χ0n) is 12.8. The number of hydrogen-bond acceptors (Lipinski definition) is 2. The molecule has 1 heterocycles. The van der Waals surface area contributed by atoms with Crippen molar-refractivity contribution in [1.82, 2.24) is 5.32 Å². The van der Waals surface area contributed by atoms with Gasteiger partial charge in [-0.3, -0.25) is 0 Å². The van der Waals surface area contributed by atoms with Crippen molar-refractivity contribution in [2.45, 2.75) is 32.4 Å². The highest BCUT2D eigenvalue weighted by Crippen LogP contribution is 2.33. The molecule has 1 atom stereocenters. The van der Waals surface area contributed by atoms with Crippen LogP contribution in [0.1, 0.15) is 36.9 Å². The van der Waals surface area contributed by atoms with Crippen molar-refractivity contribution in [2.24, 2.45) is 0 Å². The molecule has 1 aliphatic heterocycles. The Balaban J connectivity index is 1.89. The number of nitrogens with zero attached hydrogens (tertiary/aromatic N) is 1. The second-order valence-electron chi connectivity index (χ2n) is 5.72. The molecule has 1 N–H and O–H groups in total. The number of nitrogens with one attached hydrogen (secondary N) is 1. The second-order valence-corrected chi connectivity index (χ2v) is 5.72. The fourth-order valence-electron chi connectivity index (χ4n) is 3.26. The molecule has 2 nitrogen and oxygen atoms in total. The molecular formula is C19H24N2. The van der Waals surface area contributed by atoms with E-state index in [1.54, 1.807) is 0 Å². The summed E-state index contributed by atoms with van der Waals surface area (Å²) in [6.07, 6.45) is 2.45. The van der Waals surface area contributed by atoms with E-state index in [4.69, 9.17) is 0 Å². The molecule has 2 heteroatoms. The molecule has 1 unspecified atom stereocenters. The normalized spacial score (nSPS) is 18.1. The van der Waals surface area contributed by atoms with E-state index in [1.807, 2.05) is 0 Å². The van der Waals surface area contributed by atoms with Gasteiger partial charge in [-0.25, -0.2) is 0 Å². The highest BCUT2D eigenvalue weighted by Gasteiger charge is 2.21. The summed E-state index contributed by atoms with van der Waals surface area (Å²) in [6.45, 7) is 5.34. The first kappa shape index (κ1) is 14.2. The quantitative estimate of drug-likeness (QED) is 0.905. The van der Waals surface area contributed by atoms with Crippen LogP contribution < -0.4 is 10.2 Å². The standard InChI is InChI=1S/C19H24N2/c1-2-20-18-12-8-14-21(15-16-9-4-3-5-10-16)19-13-7-6-11-17(18)19/h3-7,9-11,13,18,20H,2,8,12,14-15H2,1H3. The van der Waals surface area contributed by atoms with Gasteiger partial charge < -0.3 is 10.2 Å². The van der Waals surface area contributed by atoms with E-state index in [0.29, 0.717) is 6.04 Å². The maximum absolute atomic E-state index is 3.64. The van der Waals surface area contributed by atoms with Gasteiger partial charge in [0.05, 0.1) is 0 Å². The Labute approximate surface area is 127 Å². The lowest BCUT2D eigenvalue weighted by molar-refractivity contribution is 0.510. The predicted molar refractivity (Wildman–Crippen MR) is 89.6 cm³/mol. The van der Waals surface area contributed by atoms with Crippen LogP contribution in [-0.4, -0.2) is 13.1 Å². The van der Waals surface area contributed by atoms with Crippen LogP contribution in [0.25, 0.3) is 0 Å². The molecule has 0 saturated heterocycles. The van der Waals surface area contributed by atoms with Gasteiger partial charge in [0.2, 0.25) is 0 Å². The summed E-state index contributed by atoms with van der Waals surface area (Å²) in [6, 6.07) is 20.1. The fraction of sp³-hybridized carbons (Fsp3) is 0.368. The molecular weight excluding hydrogens is 256 g/mol. The number of rotatable bonds is 4. The molecule has 0 radical (unpaired) electrons. The van der Waals surface area contributed by atoms with E-state index in [1.165, 1.54) is 29.7 Å². The predicted octanol–water partition coefficient (Wildman–Crippen LogP) is 4.14. The topological polar surface area (TPSA) is 15.3 Å². The summed E-state index contributed by atoms with van der Waals surface area (Å²) in [5.41, 5.74) is 4.23. The minimum atomic E-state index is 0.493. The fourth-order valence-corrected chi connectivity index (χ4v) is 3.26. The molecule has 0 amide bonds. The monoisotopic (exact) mass is 280 g/mol. The van der Waals surface area contributed by atoms with Gasteiger partial charge >= 0.3 is 0 Å². The van der Waals surface area contributed by atoms with Crippen molar-refractivity contribution >= 4 is 5.69 Å². The second kappa shape index (κ2) is 6.77. The van der Waals surface area contributed by atoms with E-state index < -0.39 is 0 Å². The van der Waals surface area contributed by atoms with Crippen LogP contribution in [0.2, 0.25) is 0 Å². The van der Waals surface area contributed by atoms with Crippen molar-refractivity contribution in [3.8, 4) is 0 Å². The third-order valence-corrected chi connectivity index (χ3v) is 4.24. The zero-order valence-corrected chi connectivity index (χ0v) is 12.8. The van der Waals surface area contributed by atoms with Crippen LogP contribution >= 0.6 is 0 Å². The maximum Gasteiger partial charge on any atom is 0.0429 e. The van der Waals surface area contributed by atoms with Gasteiger partial charge in [0.25, 0.3) is 0 Å². The summed E-state index contributed by atoms with van der Waals surface area (Å²) >= 11 is 0. The van der Waals surface area contributed by atoms with Crippen LogP contribution in [0, 0.1) is 0 Å². The van der Waals surface area contributed by atoms with Crippen LogP contribution in [0.4, 0.5) is 5.69 Å². The van der Waals surface area contributed by atoms with E-state index in [0.717, 1.165) is 19.6 Å². The van der Waals surface area contributed by atoms with Crippen LogP contribution in [0.15, 0.2) is 54.6 Å². The van der Waals surface area contributed by atoms with E-state index in [2.05, 4.69) is 71.7 Å². The van der Waals surface area contributed by atoms with Crippen molar-refractivity contribution < 1.29 is 0 Å². The number of hydrogen-bond donors (Lipinski definition) is 1. The molecule has 21 heavy (non-hydrogen) atoms. The van der Waals surface area contributed by atoms with Gasteiger partial charge in [-0.15, -0.1) is 0 Å². The van der Waals surface area contributed by atoms with Crippen molar-refractivity contribution in [3.05, 3.63) is 65.7 Å². The molecule has 0 saturated carbocycles. The first-order chi connectivity index (χ1) is 10.4. The summed E-state index contributed by atoms with van der Waals surface area (Å²) < 4.78 is 0. The summed E-state index contributed by atoms with van der Waals surface area (Å²) in [7, 11) is 0.